The molecule has 1 amide bonds. The van der Waals surface area contributed by atoms with Gasteiger partial charge in [-0.05, 0) is 12.1 Å². The SMILES string of the molecule is CC(CN1CCNCC1)C(=O)NCc1ccc[nH]1. The van der Waals surface area contributed by atoms with Crippen molar-refractivity contribution in [3.05, 3.63) is 24.0 Å². The van der Waals surface area contributed by atoms with Crippen LogP contribution in [0.3, 0.4) is 0 Å². The predicted octanol–water partition coefficient (Wildman–Crippen LogP) is 0.172. The summed E-state index contributed by atoms with van der Waals surface area (Å²) in [6.07, 6.45) is 1.87. The first-order valence-corrected chi connectivity index (χ1v) is 6.59. The Morgan fingerprint density at radius 1 is 1.50 bits per heavy atom. The second-order valence-corrected chi connectivity index (χ2v) is 4.86. The number of piperazine rings is 1. The monoisotopic (exact) mass is 250 g/mol. The van der Waals surface area contributed by atoms with E-state index in [1.165, 1.54) is 0 Å². The van der Waals surface area contributed by atoms with E-state index < -0.39 is 0 Å². The molecule has 5 nitrogen and oxygen atoms in total. The van der Waals surface area contributed by atoms with Crippen LogP contribution in [0.25, 0.3) is 0 Å². The molecule has 100 valence electrons. The van der Waals surface area contributed by atoms with E-state index >= 15 is 0 Å². The maximum atomic E-state index is 11.9. The number of H-pyrrole nitrogens is 1. The van der Waals surface area contributed by atoms with Crippen LogP contribution in [0.2, 0.25) is 0 Å². The molecule has 1 aromatic heterocycles. The molecule has 0 saturated carbocycles. The Morgan fingerprint density at radius 3 is 2.94 bits per heavy atom. The highest BCUT2D eigenvalue weighted by atomic mass is 16.1. The van der Waals surface area contributed by atoms with Gasteiger partial charge < -0.3 is 20.5 Å². The van der Waals surface area contributed by atoms with Crippen LogP contribution in [0.1, 0.15) is 12.6 Å². The average Bonchev–Trinajstić information content (AvgIpc) is 2.90. The minimum Gasteiger partial charge on any atom is -0.364 e. The minimum atomic E-state index is 0.0399. The van der Waals surface area contributed by atoms with Crippen LogP contribution < -0.4 is 10.6 Å². The van der Waals surface area contributed by atoms with Crippen molar-refractivity contribution in [3.8, 4) is 0 Å². The molecule has 1 aromatic rings. The first-order valence-electron chi connectivity index (χ1n) is 6.59. The molecule has 0 aliphatic carbocycles. The van der Waals surface area contributed by atoms with Gasteiger partial charge in [-0.1, -0.05) is 6.92 Å². The lowest BCUT2D eigenvalue weighted by Crippen LogP contribution is -2.47. The number of hydrogen-bond acceptors (Lipinski definition) is 3. The van der Waals surface area contributed by atoms with Crippen molar-refractivity contribution >= 4 is 5.91 Å². The highest BCUT2D eigenvalue weighted by molar-refractivity contribution is 5.78. The van der Waals surface area contributed by atoms with Gasteiger partial charge in [-0.2, -0.15) is 0 Å². The maximum absolute atomic E-state index is 11.9. The van der Waals surface area contributed by atoms with Gasteiger partial charge in [0.2, 0.25) is 5.91 Å². The van der Waals surface area contributed by atoms with Crippen molar-refractivity contribution in [2.24, 2.45) is 5.92 Å². The lowest BCUT2D eigenvalue weighted by atomic mass is 10.1. The van der Waals surface area contributed by atoms with E-state index in [4.69, 9.17) is 0 Å². The lowest BCUT2D eigenvalue weighted by molar-refractivity contribution is -0.125. The Kier molecular flexibility index (Phi) is 4.78. The topological polar surface area (TPSA) is 60.2 Å². The van der Waals surface area contributed by atoms with E-state index in [1.54, 1.807) is 0 Å². The molecular formula is C13H22N4O. The van der Waals surface area contributed by atoms with Gasteiger partial charge in [-0.3, -0.25) is 4.79 Å². The normalized spacial score (nSPS) is 18.5. The summed E-state index contributed by atoms with van der Waals surface area (Å²) in [5.74, 6) is 0.168. The number of amides is 1. The molecule has 0 aromatic carbocycles. The second-order valence-electron chi connectivity index (χ2n) is 4.86. The molecule has 2 heterocycles. The van der Waals surface area contributed by atoms with Gasteiger partial charge in [0.15, 0.2) is 0 Å². The van der Waals surface area contributed by atoms with Crippen molar-refractivity contribution in [2.45, 2.75) is 13.5 Å². The summed E-state index contributed by atoms with van der Waals surface area (Å²) in [5, 5.41) is 6.28. The molecule has 3 N–H and O–H groups in total. The third-order valence-corrected chi connectivity index (χ3v) is 3.30. The number of carbonyl (C=O) groups excluding carboxylic acids is 1. The van der Waals surface area contributed by atoms with Crippen LogP contribution in [0.5, 0.6) is 0 Å². The standard InChI is InChI=1S/C13H22N4O/c1-11(10-17-7-5-14-6-8-17)13(18)16-9-12-3-2-4-15-12/h2-4,11,14-15H,5-10H2,1H3,(H,16,18). The van der Waals surface area contributed by atoms with Gasteiger partial charge in [-0.25, -0.2) is 0 Å². The van der Waals surface area contributed by atoms with Crippen molar-refractivity contribution in [2.75, 3.05) is 32.7 Å². The quantitative estimate of drug-likeness (QED) is 0.698. The summed E-state index contributed by atoms with van der Waals surface area (Å²) in [4.78, 5) is 17.4. The molecule has 1 unspecified atom stereocenters. The first-order chi connectivity index (χ1) is 8.75. The Labute approximate surface area is 108 Å². The number of aromatic nitrogens is 1. The van der Waals surface area contributed by atoms with E-state index in [0.29, 0.717) is 6.54 Å². The van der Waals surface area contributed by atoms with Crippen LogP contribution >= 0.6 is 0 Å². The summed E-state index contributed by atoms with van der Waals surface area (Å²) in [5.41, 5.74) is 1.04. The fraction of sp³-hybridized carbons (Fsp3) is 0.615. The fourth-order valence-electron chi connectivity index (χ4n) is 2.20. The number of carbonyl (C=O) groups is 1. The number of nitrogens with one attached hydrogen (secondary N) is 3. The van der Waals surface area contributed by atoms with Crippen LogP contribution in [-0.4, -0.2) is 48.5 Å². The lowest BCUT2D eigenvalue weighted by Gasteiger charge is -2.29. The summed E-state index contributed by atoms with van der Waals surface area (Å²) in [6, 6.07) is 3.91. The van der Waals surface area contributed by atoms with Gasteiger partial charge >= 0.3 is 0 Å². The maximum Gasteiger partial charge on any atom is 0.224 e. The van der Waals surface area contributed by atoms with E-state index in [1.807, 2.05) is 25.3 Å². The summed E-state index contributed by atoms with van der Waals surface area (Å²) < 4.78 is 0. The smallest absolute Gasteiger partial charge is 0.224 e. The Hall–Kier alpha value is -1.33. The van der Waals surface area contributed by atoms with E-state index in [-0.39, 0.29) is 11.8 Å². The molecule has 1 saturated heterocycles. The van der Waals surface area contributed by atoms with E-state index in [9.17, 15) is 4.79 Å². The van der Waals surface area contributed by atoms with Crippen molar-refractivity contribution < 1.29 is 4.79 Å². The molecule has 1 aliphatic rings. The second kappa shape index (κ2) is 6.56. The van der Waals surface area contributed by atoms with Crippen molar-refractivity contribution in [1.29, 1.82) is 0 Å². The third-order valence-electron chi connectivity index (χ3n) is 3.30. The fourth-order valence-corrected chi connectivity index (χ4v) is 2.20. The summed E-state index contributed by atoms with van der Waals surface area (Å²) in [7, 11) is 0. The third kappa shape index (κ3) is 3.85. The molecule has 18 heavy (non-hydrogen) atoms. The molecule has 1 atom stereocenters. The predicted molar refractivity (Wildman–Crippen MR) is 71.1 cm³/mol. The van der Waals surface area contributed by atoms with Gasteiger partial charge in [0, 0.05) is 50.5 Å². The Morgan fingerprint density at radius 2 is 2.28 bits per heavy atom. The molecule has 0 radical (unpaired) electrons. The van der Waals surface area contributed by atoms with Gasteiger partial charge in [0.1, 0.15) is 0 Å². The van der Waals surface area contributed by atoms with Crippen LogP contribution in [0.15, 0.2) is 18.3 Å². The molecule has 1 aliphatic heterocycles. The van der Waals surface area contributed by atoms with Gasteiger partial charge in [0.05, 0.1) is 6.54 Å². The number of rotatable bonds is 5. The summed E-state index contributed by atoms with van der Waals surface area (Å²) >= 11 is 0. The zero-order valence-corrected chi connectivity index (χ0v) is 10.9. The van der Waals surface area contributed by atoms with Gasteiger partial charge in [0.25, 0.3) is 0 Å². The van der Waals surface area contributed by atoms with Crippen molar-refractivity contribution in [1.82, 2.24) is 20.5 Å². The molecular weight excluding hydrogens is 228 g/mol. The largest absolute Gasteiger partial charge is 0.364 e. The number of nitrogens with zero attached hydrogens (tertiary/aromatic N) is 1. The van der Waals surface area contributed by atoms with Crippen molar-refractivity contribution in [3.63, 3.8) is 0 Å². The van der Waals surface area contributed by atoms with Crippen LogP contribution in [0.4, 0.5) is 0 Å². The Bertz CT molecular complexity index is 357. The number of aromatic amines is 1. The van der Waals surface area contributed by atoms with Crippen LogP contribution in [0, 0.1) is 5.92 Å². The molecule has 0 spiro atoms. The molecule has 5 heteroatoms. The van der Waals surface area contributed by atoms with E-state index in [0.717, 1.165) is 38.4 Å². The van der Waals surface area contributed by atoms with Crippen LogP contribution in [-0.2, 0) is 11.3 Å². The first kappa shape index (κ1) is 13.1. The van der Waals surface area contributed by atoms with Gasteiger partial charge in [-0.15, -0.1) is 0 Å². The summed E-state index contributed by atoms with van der Waals surface area (Å²) in [6.45, 7) is 7.54. The number of hydrogen-bond donors (Lipinski definition) is 3. The molecule has 2 rings (SSSR count). The van der Waals surface area contributed by atoms with E-state index in [2.05, 4.69) is 20.5 Å². The zero-order valence-electron chi connectivity index (χ0n) is 10.9. The molecule has 1 fully saturated rings. The molecule has 0 bridgehead atoms. The highest BCUT2D eigenvalue weighted by Crippen LogP contribution is 2.02. The highest BCUT2D eigenvalue weighted by Gasteiger charge is 2.18. The minimum absolute atomic E-state index is 0.0399. The zero-order chi connectivity index (χ0) is 12.8. The average molecular weight is 250 g/mol. The Balaban J connectivity index is 1.70.